The summed E-state index contributed by atoms with van der Waals surface area (Å²) in [7, 11) is 0. The number of hydrogen-bond donors (Lipinski definition) is 0. The molecule has 0 spiro atoms. The van der Waals surface area contributed by atoms with Crippen molar-refractivity contribution in [3.05, 3.63) is 70.7 Å². The van der Waals surface area contributed by atoms with Crippen LogP contribution in [-0.4, -0.2) is 16.8 Å². The van der Waals surface area contributed by atoms with Crippen LogP contribution in [0.1, 0.15) is 30.4 Å². The lowest BCUT2D eigenvalue weighted by Crippen LogP contribution is -2.32. The normalized spacial score (nSPS) is 13.9. The monoisotopic (exact) mass is 313 g/mol. The molecule has 1 fully saturated rings. The minimum absolute atomic E-state index is 0.251. The van der Waals surface area contributed by atoms with Crippen LogP contribution in [0.25, 0.3) is 0 Å². The van der Waals surface area contributed by atoms with Gasteiger partial charge in [-0.15, -0.1) is 0 Å². The molecule has 3 heteroatoms. The number of hydrogen-bond acceptors (Lipinski definition) is 1. The van der Waals surface area contributed by atoms with Gasteiger partial charge >= 0.3 is 0 Å². The van der Waals surface area contributed by atoms with Crippen molar-refractivity contribution in [3.63, 3.8) is 0 Å². The Labute approximate surface area is 136 Å². The number of carbonyl (C=O) groups is 1. The third-order valence-corrected chi connectivity index (χ3v) is 4.30. The van der Waals surface area contributed by atoms with Crippen LogP contribution in [-0.2, 0) is 17.8 Å². The van der Waals surface area contributed by atoms with Gasteiger partial charge in [0.1, 0.15) is 0 Å². The Kier molecular flexibility index (Phi) is 4.79. The van der Waals surface area contributed by atoms with E-state index in [0.29, 0.717) is 19.0 Å². The summed E-state index contributed by atoms with van der Waals surface area (Å²) in [6.45, 7) is 0.690. The predicted molar refractivity (Wildman–Crippen MR) is 89.8 cm³/mol. The molecular weight excluding hydrogens is 294 g/mol. The van der Waals surface area contributed by atoms with Crippen molar-refractivity contribution in [3.8, 4) is 0 Å². The molecule has 114 valence electrons. The summed E-state index contributed by atoms with van der Waals surface area (Å²) in [6.07, 6.45) is 3.65. The number of carbonyl (C=O) groups excluding carboxylic acids is 1. The molecule has 0 heterocycles. The molecular formula is C19H20ClNO. The second-order valence-corrected chi connectivity index (χ2v) is 6.30. The van der Waals surface area contributed by atoms with Crippen LogP contribution >= 0.6 is 11.6 Å². The van der Waals surface area contributed by atoms with Crippen molar-refractivity contribution in [2.75, 3.05) is 0 Å². The maximum Gasteiger partial charge on any atom is 0.223 e. The highest BCUT2D eigenvalue weighted by Crippen LogP contribution is 2.29. The smallest absolute Gasteiger partial charge is 0.223 e. The van der Waals surface area contributed by atoms with Gasteiger partial charge in [-0.3, -0.25) is 4.79 Å². The molecule has 0 radical (unpaired) electrons. The van der Waals surface area contributed by atoms with Crippen molar-refractivity contribution >= 4 is 17.5 Å². The first-order valence-corrected chi connectivity index (χ1v) is 8.18. The van der Waals surface area contributed by atoms with Gasteiger partial charge in [0.15, 0.2) is 0 Å². The Balaban J connectivity index is 1.61. The summed E-state index contributed by atoms with van der Waals surface area (Å²) < 4.78 is 0. The number of halogens is 1. The van der Waals surface area contributed by atoms with E-state index in [0.717, 1.165) is 29.8 Å². The van der Waals surface area contributed by atoms with Crippen molar-refractivity contribution in [1.82, 2.24) is 4.90 Å². The molecule has 0 aromatic heterocycles. The van der Waals surface area contributed by atoms with Gasteiger partial charge in [-0.2, -0.15) is 0 Å². The summed E-state index contributed by atoms with van der Waals surface area (Å²) in [4.78, 5) is 14.6. The summed E-state index contributed by atoms with van der Waals surface area (Å²) >= 11 is 5.92. The quantitative estimate of drug-likeness (QED) is 0.771. The average Bonchev–Trinajstić information content (AvgIpc) is 3.38. The first-order valence-electron chi connectivity index (χ1n) is 7.80. The Hall–Kier alpha value is -1.80. The van der Waals surface area contributed by atoms with Crippen molar-refractivity contribution < 1.29 is 4.79 Å². The third-order valence-electron chi connectivity index (χ3n) is 4.04. The summed E-state index contributed by atoms with van der Waals surface area (Å²) in [5, 5.41) is 0.733. The van der Waals surface area contributed by atoms with E-state index in [9.17, 15) is 4.79 Å². The molecule has 1 aliphatic rings. The van der Waals surface area contributed by atoms with Crippen molar-refractivity contribution in [1.29, 1.82) is 0 Å². The average molecular weight is 314 g/mol. The van der Waals surface area contributed by atoms with Gasteiger partial charge in [-0.25, -0.2) is 0 Å². The third kappa shape index (κ3) is 4.11. The molecule has 0 saturated heterocycles. The van der Waals surface area contributed by atoms with E-state index in [-0.39, 0.29) is 5.91 Å². The number of rotatable bonds is 6. The molecule has 1 amide bonds. The summed E-state index contributed by atoms with van der Waals surface area (Å²) in [5.41, 5.74) is 2.36. The van der Waals surface area contributed by atoms with Crippen molar-refractivity contribution in [2.45, 2.75) is 38.3 Å². The highest BCUT2D eigenvalue weighted by Gasteiger charge is 2.32. The minimum Gasteiger partial charge on any atom is -0.335 e. The fourth-order valence-corrected chi connectivity index (χ4v) is 2.76. The predicted octanol–water partition coefficient (Wildman–Crippen LogP) is 4.46. The van der Waals surface area contributed by atoms with Crippen molar-refractivity contribution in [2.24, 2.45) is 0 Å². The molecule has 1 saturated carbocycles. The van der Waals surface area contributed by atoms with Crippen LogP contribution < -0.4 is 0 Å². The van der Waals surface area contributed by atoms with Crippen LogP contribution in [0.4, 0.5) is 0 Å². The molecule has 2 aromatic rings. The minimum atomic E-state index is 0.251. The van der Waals surface area contributed by atoms with E-state index in [4.69, 9.17) is 11.6 Å². The van der Waals surface area contributed by atoms with Crippen LogP contribution in [0.15, 0.2) is 54.6 Å². The zero-order valence-electron chi connectivity index (χ0n) is 12.5. The lowest BCUT2D eigenvalue weighted by Gasteiger charge is -2.22. The first-order chi connectivity index (χ1) is 10.7. The van der Waals surface area contributed by atoms with Gasteiger partial charge in [-0.05, 0) is 42.5 Å². The summed E-state index contributed by atoms with van der Waals surface area (Å²) in [5.74, 6) is 0.251. The van der Waals surface area contributed by atoms with E-state index in [2.05, 4.69) is 12.1 Å². The van der Waals surface area contributed by atoms with E-state index in [1.54, 1.807) is 0 Å². The molecule has 0 N–H and O–H groups in total. The number of benzene rings is 2. The molecule has 0 unspecified atom stereocenters. The SMILES string of the molecule is O=C(CCc1ccccc1)N(Cc1ccc(Cl)cc1)C1CC1. The van der Waals surface area contributed by atoms with E-state index >= 15 is 0 Å². The highest BCUT2D eigenvalue weighted by molar-refractivity contribution is 6.30. The maximum absolute atomic E-state index is 12.6. The van der Waals surface area contributed by atoms with Gasteiger partial charge in [0.2, 0.25) is 5.91 Å². The van der Waals surface area contributed by atoms with Crippen LogP contribution in [0.2, 0.25) is 5.02 Å². The van der Waals surface area contributed by atoms with E-state index in [1.807, 2.05) is 47.4 Å². The van der Waals surface area contributed by atoms with Gasteiger partial charge in [0, 0.05) is 24.0 Å². The molecule has 22 heavy (non-hydrogen) atoms. The molecule has 0 atom stereocenters. The zero-order valence-corrected chi connectivity index (χ0v) is 13.3. The topological polar surface area (TPSA) is 20.3 Å². The molecule has 3 rings (SSSR count). The standard InChI is InChI=1S/C19H20ClNO/c20-17-9-6-16(7-10-17)14-21(18-11-12-18)19(22)13-8-15-4-2-1-3-5-15/h1-7,9-10,18H,8,11-14H2. The van der Waals surface area contributed by atoms with Gasteiger partial charge in [-0.1, -0.05) is 54.1 Å². The van der Waals surface area contributed by atoms with Gasteiger partial charge in [0.05, 0.1) is 0 Å². The molecule has 1 aliphatic carbocycles. The van der Waals surface area contributed by atoms with Crippen LogP contribution in [0.5, 0.6) is 0 Å². The highest BCUT2D eigenvalue weighted by atomic mass is 35.5. The fraction of sp³-hybridized carbons (Fsp3) is 0.316. The fourth-order valence-electron chi connectivity index (χ4n) is 2.63. The molecule has 0 aliphatic heterocycles. The lowest BCUT2D eigenvalue weighted by molar-refractivity contribution is -0.132. The number of aryl methyl sites for hydroxylation is 1. The van der Waals surface area contributed by atoms with Gasteiger partial charge in [0.25, 0.3) is 0 Å². The Morgan fingerprint density at radius 2 is 1.68 bits per heavy atom. The lowest BCUT2D eigenvalue weighted by atomic mass is 10.1. The second kappa shape index (κ2) is 6.97. The first kappa shape index (κ1) is 15.1. The Morgan fingerprint density at radius 3 is 2.32 bits per heavy atom. The molecule has 0 bridgehead atoms. The molecule has 2 nitrogen and oxygen atoms in total. The van der Waals surface area contributed by atoms with Gasteiger partial charge < -0.3 is 4.90 Å². The molecule has 2 aromatic carbocycles. The Bertz CT molecular complexity index is 620. The Morgan fingerprint density at radius 1 is 1.00 bits per heavy atom. The van der Waals surface area contributed by atoms with Crippen LogP contribution in [0.3, 0.4) is 0 Å². The largest absolute Gasteiger partial charge is 0.335 e. The zero-order chi connectivity index (χ0) is 15.4. The maximum atomic E-state index is 12.6. The van der Waals surface area contributed by atoms with Crippen LogP contribution in [0, 0.1) is 0 Å². The summed E-state index contributed by atoms with van der Waals surface area (Å²) in [6, 6.07) is 18.4. The number of nitrogens with zero attached hydrogens (tertiary/aromatic N) is 1. The number of amides is 1. The second-order valence-electron chi connectivity index (χ2n) is 5.86. The van der Waals surface area contributed by atoms with E-state index in [1.165, 1.54) is 5.56 Å². The van der Waals surface area contributed by atoms with E-state index < -0.39 is 0 Å².